The summed E-state index contributed by atoms with van der Waals surface area (Å²) in [7, 11) is 3.50. The Morgan fingerprint density at radius 3 is 2.71 bits per heavy atom. The van der Waals surface area contributed by atoms with Crippen LogP contribution in [0.4, 0.5) is 0 Å². The molecule has 0 fully saturated rings. The predicted octanol–water partition coefficient (Wildman–Crippen LogP) is 0.357. The average molecular weight is 197 g/mol. The molecule has 1 atom stereocenters. The second kappa shape index (κ2) is 3.79. The second-order valence-electron chi connectivity index (χ2n) is 3.71. The van der Waals surface area contributed by atoms with Crippen LogP contribution in [0.1, 0.15) is 12.6 Å². The zero-order chi connectivity index (χ0) is 10.8. The minimum atomic E-state index is -0.908. The number of imidazole rings is 1. The number of carboxylic acid groups (broad SMARTS) is 1. The summed E-state index contributed by atoms with van der Waals surface area (Å²) < 4.78 is 0. The number of likely N-dealkylation sites (N-methyl/N-ethyl adjacent to an activating group) is 1. The van der Waals surface area contributed by atoms with Gasteiger partial charge in [0.05, 0.1) is 12.0 Å². The van der Waals surface area contributed by atoms with Crippen molar-refractivity contribution in [3.63, 3.8) is 0 Å². The fourth-order valence-electron chi connectivity index (χ4n) is 1.17. The molecule has 0 aliphatic heterocycles. The molecule has 1 unspecified atom stereocenters. The van der Waals surface area contributed by atoms with E-state index in [1.54, 1.807) is 38.4 Å². The van der Waals surface area contributed by atoms with Gasteiger partial charge in [-0.3, -0.25) is 9.69 Å². The number of aliphatic carboxylic acids is 1. The summed E-state index contributed by atoms with van der Waals surface area (Å²) in [6, 6.07) is 0. The van der Waals surface area contributed by atoms with Crippen molar-refractivity contribution in [2.24, 2.45) is 0 Å². The smallest absolute Gasteiger partial charge is 0.324 e. The Hall–Kier alpha value is -1.36. The van der Waals surface area contributed by atoms with Gasteiger partial charge in [-0.25, -0.2) is 4.98 Å². The van der Waals surface area contributed by atoms with E-state index in [4.69, 9.17) is 5.11 Å². The van der Waals surface area contributed by atoms with Crippen molar-refractivity contribution in [1.29, 1.82) is 0 Å². The number of nitrogens with one attached hydrogen (secondary N) is 1. The molecule has 1 aromatic rings. The van der Waals surface area contributed by atoms with Gasteiger partial charge in [-0.15, -0.1) is 0 Å². The Bertz CT molecular complexity index is 308. The standard InChI is InChI=1S/C9H15N3O2/c1-9(8(13)14,12(2)3)4-7-5-10-6-11-7/h5-6H,4H2,1-3H3,(H,10,11)(H,13,14). The van der Waals surface area contributed by atoms with Crippen molar-refractivity contribution >= 4 is 5.97 Å². The van der Waals surface area contributed by atoms with Crippen LogP contribution in [0.25, 0.3) is 0 Å². The number of H-pyrrole nitrogens is 1. The summed E-state index contributed by atoms with van der Waals surface area (Å²) in [6.07, 6.45) is 3.65. The molecule has 2 N–H and O–H groups in total. The van der Waals surface area contributed by atoms with Crippen LogP contribution >= 0.6 is 0 Å². The quantitative estimate of drug-likeness (QED) is 0.731. The lowest BCUT2D eigenvalue weighted by molar-refractivity contribution is -0.148. The van der Waals surface area contributed by atoms with Gasteiger partial charge >= 0.3 is 5.97 Å². The number of rotatable bonds is 4. The first-order chi connectivity index (χ1) is 6.47. The summed E-state index contributed by atoms with van der Waals surface area (Å²) in [5, 5.41) is 9.12. The topological polar surface area (TPSA) is 69.2 Å². The molecule has 0 aliphatic carbocycles. The number of aromatic amines is 1. The SMILES string of the molecule is CN(C)C(C)(Cc1c[nH]cn1)C(=O)O. The van der Waals surface area contributed by atoms with Crippen molar-refractivity contribution in [3.05, 3.63) is 18.2 Å². The molecule has 0 saturated carbocycles. The van der Waals surface area contributed by atoms with Crippen LogP contribution in [0.5, 0.6) is 0 Å². The van der Waals surface area contributed by atoms with E-state index < -0.39 is 11.5 Å². The van der Waals surface area contributed by atoms with E-state index in [-0.39, 0.29) is 0 Å². The number of aromatic nitrogens is 2. The third-order valence-corrected chi connectivity index (χ3v) is 2.53. The highest BCUT2D eigenvalue weighted by molar-refractivity contribution is 5.78. The number of carbonyl (C=O) groups is 1. The second-order valence-corrected chi connectivity index (χ2v) is 3.71. The zero-order valence-electron chi connectivity index (χ0n) is 8.61. The van der Waals surface area contributed by atoms with Crippen molar-refractivity contribution < 1.29 is 9.90 Å². The summed E-state index contributed by atoms with van der Waals surface area (Å²) in [6.45, 7) is 1.68. The van der Waals surface area contributed by atoms with Gasteiger partial charge in [-0.2, -0.15) is 0 Å². The molecule has 0 amide bonds. The molecule has 5 heteroatoms. The molecule has 0 bridgehead atoms. The molecule has 0 aliphatic rings. The summed E-state index contributed by atoms with van der Waals surface area (Å²) in [4.78, 5) is 19.6. The normalized spacial score (nSPS) is 15.4. The van der Waals surface area contributed by atoms with Gasteiger partial charge in [0.15, 0.2) is 0 Å². The fraction of sp³-hybridized carbons (Fsp3) is 0.556. The Labute approximate surface area is 82.8 Å². The molecule has 1 heterocycles. The van der Waals surface area contributed by atoms with Gasteiger partial charge in [0.1, 0.15) is 5.54 Å². The molecule has 0 radical (unpaired) electrons. The number of hydrogen-bond donors (Lipinski definition) is 2. The van der Waals surface area contributed by atoms with E-state index in [1.165, 1.54) is 0 Å². The third-order valence-electron chi connectivity index (χ3n) is 2.53. The first kappa shape index (κ1) is 10.7. The van der Waals surface area contributed by atoms with Gasteiger partial charge in [0.2, 0.25) is 0 Å². The van der Waals surface area contributed by atoms with Crippen LogP contribution in [-0.4, -0.2) is 45.6 Å². The Morgan fingerprint density at radius 1 is 1.71 bits per heavy atom. The maximum atomic E-state index is 11.1. The van der Waals surface area contributed by atoms with E-state index in [0.29, 0.717) is 6.42 Å². The molecule has 0 aromatic carbocycles. The predicted molar refractivity (Wildman–Crippen MR) is 52.0 cm³/mol. The van der Waals surface area contributed by atoms with Crippen LogP contribution < -0.4 is 0 Å². The number of carboxylic acids is 1. The highest BCUT2D eigenvalue weighted by Gasteiger charge is 2.36. The lowest BCUT2D eigenvalue weighted by Crippen LogP contribution is -2.50. The fourth-order valence-corrected chi connectivity index (χ4v) is 1.17. The van der Waals surface area contributed by atoms with E-state index in [2.05, 4.69) is 9.97 Å². The Kier molecular flexibility index (Phi) is 2.90. The van der Waals surface area contributed by atoms with Crippen LogP contribution in [0.2, 0.25) is 0 Å². The largest absolute Gasteiger partial charge is 0.480 e. The summed E-state index contributed by atoms with van der Waals surface area (Å²) >= 11 is 0. The highest BCUT2D eigenvalue weighted by Crippen LogP contribution is 2.17. The summed E-state index contributed by atoms with van der Waals surface area (Å²) in [5.41, 5.74) is -0.154. The van der Waals surface area contributed by atoms with Gasteiger partial charge in [-0.1, -0.05) is 0 Å². The lowest BCUT2D eigenvalue weighted by Gasteiger charge is -2.31. The van der Waals surface area contributed by atoms with Gasteiger partial charge in [0.25, 0.3) is 0 Å². The average Bonchev–Trinajstić information content (AvgIpc) is 2.55. The van der Waals surface area contributed by atoms with Crippen molar-refractivity contribution in [2.45, 2.75) is 18.9 Å². The maximum absolute atomic E-state index is 11.1. The van der Waals surface area contributed by atoms with E-state index in [1.807, 2.05) is 0 Å². The van der Waals surface area contributed by atoms with Gasteiger partial charge in [0, 0.05) is 12.6 Å². The van der Waals surface area contributed by atoms with Crippen LogP contribution in [0, 0.1) is 0 Å². The lowest BCUT2D eigenvalue weighted by atomic mass is 9.95. The van der Waals surface area contributed by atoms with Crippen LogP contribution in [0.15, 0.2) is 12.5 Å². The first-order valence-corrected chi connectivity index (χ1v) is 4.35. The monoisotopic (exact) mass is 197 g/mol. The van der Waals surface area contributed by atoms with Gasteiger partial charge < -0.3 is 10.1 Å². The first-order valence-electron chi connectivity index (χ1n) is 4.35. The Balaban J connectivity index is 2.85. The third kappa shape index (κ3) is 1.93. The minimum absolute atomic E-state index is 0.388. The zero-order valence-corrected chi connectivity index (χ0v) is 8.61. The molecule has 0 spiro atoms. The molecule has 5 nitrogen and oxygen atoms in total. The Morgan fingerprint density at radius 2 is 2.36 bits per heavy atom. The molecule has 14 heavy (non-hydrogen) atoms. The molecular formula is C9H15N3O2. The van der Waals surface area contributed by atoms with Crippen molar-refractivity contribution in [2.75, 3.05) is 14.1 Å². The molecule has 1 aromatic heterocycles. The highest BCUT2D eigenvalue weighted by atomic mass is 16.4. The van der Waals surface area contributed by atoms with E-state index in [9.17, 15) is 4.79 Å². The summed E-state index contributed by atoms with van der Waals surface area (Å²) in [5.74, 6) is -0.842. The van der Waals surface area contributed by atoms with Crippen molar-refractivity contribution in [1.82, 2.24) is 14.9 Å². The molecule has 1 rings (SSSR count). The molecule has 0 saturated heterocycles. The van der Waals surface area contributed by atoms with E-state index >= 15 is 0 Å². The van der Waals surface area contributed by atoms with Gasteiger partial charge in [-0.05, 0) is 21.0 Å². The maximum Gasteiger partial charge on any atom is 0.324 e. The van der Waals surface area contributed by atoms with Crippen LogP contribution in [-0.2, 0) is 11.2 Å². The molecular weight excluding hydrogens is 182 g/mol. The van der Waals surface area contributed by atoms with Crippen LogP contribution in [0.3, 0.4) is 0 Å². The minimum Gasteiger partial charge on any atom is -0.480 e. The van der Waals surface area contributed by atoms with Crippen molar-refractivity contribution in [3.8, 4) is 0 Å². The van der Waals surface area contributed by atoms with E-state index in [0.717, 1.165) is 5.69 Å². The molecule has 78 valence electrons. The number of nitrogens with zero attached hydrogens (tertiary/aromatic N) is 2. The number of hydrogen-bond acceptors (Lipinski definition) is 3.